The van der Waals surface area contributed by atoms with E-state index < -0.39 is 0 Å². The highest BCUT2D eigenvalue weighted by atomic mass is 16.1. The third-order valence-electron chi connectivity index (χ3n) is 1.06. The number of rotatable bonds is 1. The maximum atomic E-state index is 10.4. The molecule has 0 bridgehead atoms. The summed E-state index contributed by atoms with van der Waals surface area (Å²) in [5, 5.41) is 0. The van der Waals surface area contributed by atoms with Crippen molar-refractivity contribution in [3.8, 4) is 0 Å². The molecule has 0 heterocycles. The average Bonchev–Trinajstić information content (AvgIpc) is 1.90. The minimum atomic E-state index is -0.379. The number of hydrogen-bond acceptors (Lipinski definition) is 1. The topological polar surface area (TPSA) is 43.1 Å². The number of nitrogens with two attached hydrogens (primary N) is 1. The van der Waals surface area contributed by atoms with Crippen molar-refractivity contribution in [1.29, 1.82) is 0 Å². The molecule has 2 N–H and O–H groups in total. The van der Waals surface area contributed by atoms with Crippen LogP contribution in [0.1, 0.15) is 10.4 Å². The highest BCUT2D eigenvalue weighted by Gasteiger charge is 1.93. The van der Waals surface area contributed by atoms with Crippen molar-refractivity contribution in [2.75, 3.05) is 0 Å². The first-order valence-electron chi connectivity index (χ1n) is 2.65. The van der Waals surface area contributed by atoms with Crippen LogP contribution in [0.4, 0.5) is 0 Å². The van der Waals surface area contributed by atoms with Gasteiger partial charge in [0.15, 0.2) is 0 Å². The molecule has 1 aromatic carbocycles. The second kappa shape index (κ2) is 3.72. The lowest BCUT2D eigenvalue weighted by Crippen LogP contribution is -2.09. The lowest BCUT2D eigenvalue weighted by Gasteiger charge is -1.89. The lowest BCUT2D eigenvalue weighted by atomic mass is 10.2. The molecule has 0 atom stereocenters. The molecule has 2 nitrogen and oxygen atoms in total. The first-order valence-corrected chi connectivity index (χ1v) is 2.65. The zero-order valence-electron chi connectivity index (χ0n) is 5.45. The Labute approximate surface area is 61.6 Å². The van der Waals surface area contributed by atoms with Crippen LogP contribution in [0.3, 0.4) is 0 Å². The molecule has 1 amide bonds. The Kier molecular flexibility index (Phi) is 3.26. The SMILES string of the molecule is NC(=O)c1ccccc1.[B]. The van der Waals surface area contributed by atoms with Crippen LogP contribution in [0, 0.1) is 0 Å². The Bertz CT molecular complexity index is 210. The molecule has 0 spiro atoms. The summed E-state index contributed by atoms with van der Waals surface area (Å²) in [5.41, 5.74) is 5.53. The first-order chi connectivity index (χ1) is 4.30. The molecule has 0 unspecified atom stereocenters. The number of hydrogen-bond donors (Lipinski definition) is 1. The molecule has 10 heavy (non-hydrogen) atoms. The predicted octanol–water partition coefficient (Wildman–Crippen LogP) is 0.405. The van der Waals surface area contributed by atoms with Crippen LogP contribution in [-0.2, 0) is 0 Å². The van der Waals surface area contributed by atoms with Gasteiger partial charge in [-0.05, 0) is 12.1 Å². The van der Waals surface area contributed by atoms with Crippen LogP contribution < -0.4 is 5.73 Å². The van der Waals surface area contributed by atoms with E-state index in [0.717, 1.165) is 0 Å². The van der Waals surface area contributed by atoms with E-state index in [1.54, 1.807) is 24.3 Å². The summed E-state index contributed by atoms with van der Waals surface area (Å²) >= 11 is 0. The van der Waals surface area contributed by atoms with Gasteiger partial charge in [-0.25, -0.2) is 0 Å². The molecular formula is C7H7BNO. The highest BCUT2D eigenvalue weighted by Crippen LogP contribution is 1.94. The van der Waals surface area contributed by atoms with E-state index in [1.807, 2.05) is 6.07 Å². The average molecular weight is 132 g/mol. The van der Waals surface area contributed by atoms with Gasteiger partial charge >= 0.3 is 0 Å². The number of benzene rings is 1. The largest absolute Gasteiger partial charge is 0.366 e. The van der Waals surface area contributed by atoms with Gasteiger partial charge in [-0.2, -0.15) is 0 Å². The second-order valence-corrected chi connectivity index (χ2v) is 1.73. The lowest BCUT2D eigenvalue weighted by molar-refractivity contribution is 0.100. The van der Waals surface area contributed by atoms with Gasteiger partial charge in [0.1, 0.15) is 0 Å². The van der Waals surface area contributed by atoms with Gasteiger partial charge in [-0.3, -0.25) is 4.79 Å². The molecule has 0 saturated heterocycles. The molecular weight excluding hydrogens is 125 g/mol. The summed E-state index contributed by atoms with van der Waals surface area (Å²) in [5.74, 6) is -0.379. The molecule has 0 aliphatic heterocycles. The smallest absolute Gasteiger partial charge is 0.248 e. The predicted molar refractivity (Wildman–Crippen MR) is 40.7 cm³/mol. The molecule has 3 heteroatoms. The molecule has 1 aromatic rings. The van der Waals surface area contributed by atoms with Crippen LogP contribution in [0.5, 0.6) is 0 Å². The molecule has 0 fully saturated rings. The number of carbonyl (C=O) groups is 1. The van der Waals surface area contributed by atoms with E-state index in [4.69, 9.17) is 5.73 Å². The summed E-state index contributed by atoms with van der Waals surface area (Å²) in [7, 11) is 0. The van der Waals surface area contributed by atoms with Crippen molar-refractivity contribution in [3.05, 3.63) is 35.9 Å². The zero-order valence-corrected chi connectivity index (χ0v) is 5.45. The first kappa shape index (κ1) is 8.75. The molecule has 1 rings (SSSR count). The maximum absolute atomic E-state index is 10.4. The van der Waals surface area contributed by atoms with Crippen LogP contribution >= 0.6 is 0 Å². The van der Waals surface area contributed by atoms with Gasteiger partial charge in [0.05, 0.1) is 0 Å². The van der Waals surface area contributed by atoms with Gasteiger partial charge in [0.25, 0.3) is 0 Å². The van der Waals surface area contributed by atoms with Crippen LogP contribution in [0.25, 0.3) is 0 Å². The van der Waals surface area contributed by atoms with Crippen molar-refractivity contribution in [2.45, 2.75) is 0 Å². The van der Waals surface area contributed by atoms with Gasteiger partial charge in [0.2, 0.25) is 5.91 Å². The van der Waals surface area contributed by atoms with Gasteiger partial charge in [-0.15, -0.1) is 0 Å². The monoisotopic (exact) mass is 132 g/mol. The standard InChI is InChI=1S/C7H7NO.B/c8-7(9)6-4-2-1-3-5-6;/h1-5H,(H2,8,9);. The normalized spacial score (nSPS) is 8.00. The zero-order chi connectivity index (χ0) is 6.69. The number of carbonyl (C=O) groups excluding carboxylic acids is 1. The van der Waals surface area contributed by atoms with E-state index in [-0.39, 0.29) is 14.3 Å². The summed E-state index contributed by atoms with van der Waals surface area (Å²) < 4.78 is 0. The fourth-order valence-corrected chi connectivity index (χ4v) is 0.602. The molecule has 0 aromatic heterocycles. The molecule has 3 radical (unpaired) electrons. The van der Waals surface area contributed by atoms with Crippen molar-refractivity contribution in [3.63, 3.8) is 0 Å². The Morgan fingerprint density at radius 1 is 1.20 bits per heavy atom. The van der Waals surface area contributed by atoms with E-state index in [2.05, 4.69) is 0 Å². The quantitative estimate of drug-likeness (QED) is 0.552. The molecule has 49 valence electrons. The van der Waals surface area contributed by atoms with Crippen molar-refractivity contribution < 1.29 is 4.79 Å². The Morgan fingerprint density at radius 2 is 1.70 bits per heavy atom. The van der Waals surface area contributed by atoms with E-state index in [9.17, 15) is 4.79 Å². The van der Waals surface area contributed by atoms with E-state index in [0.29, 0.717) is 5.56 Å². The Morgan fingerprint density at radius 3 is 2.00 bits per heavy atom. The third kappa shape index (κ3) is 1.93. The van der Waals surface area contributed by atoms with Crippen molar-refractivity contribution >= 4 is 14.3 Å². The van der Waals surface area contributed by atoms with Crippen LogP contribution in [-0.4, -0.2) is 14.3 Å². The third-order valence-corrected chi connectivity index (χ3v) is 1.06. The van der Waals surface area contributed by atoms with Gasteiger partial charge in [-0.1, -0.05) is 18.2 Å². The summed E-state index contributed by atoms with van der Waals surface area (Å²) in [6.45, 7) is 0. The van der Waals surface area contributed by atoms with Crippen LogP contribution in [0.15, 0.2) is 30.3 Å². The number of primary amides is 1. The summed E-state index contributed by atoms with van der Waals surface area (Å²) in [6, 6.07) is 8.76. The van der Waals surface area contributed by atoms with Gasteiger partial charge < -0.3 is 5.73 Å². The maximum Gasteiger partial charge on any atom is 0.248 e. The van der Waals surface area contributed by atoms with Crippen LogP contribution in [0.2, 0.25) is 0 Å². The summed E-state index contributed by atoms with van der Waals surface area (Å²) in [6.07, 6.45) is 0. The molecule has 0 saturated carbocycles. The van der Waals surface area contributed by atoms with E-state index >= 15 is 0 Å². The Hall–Kier alpha value is -1.25. The second-order valence-electron chi connectivity index (χ2n) is 1.73. The minimum Gasteiger partial charge on any atom is -0.366 e. The fourth-order valence-electron chi connectivity index (χ4n) is 0.602. The van der Waals surface area contributed by atoms with Crippen molar-refractivity contribution in [1.82, 2.24) is 0 Å². The fraction of sp³-hybridized carbons (Fsp3) is 0. The van der Waals surface area contributed by atoms with E-state index in [1.165, 1.54) is 0 Å². The van der Waals surface area contributed by atoms with Crippen molar-refractivity contribution in [2.24, 2.45) is 5.73 Å². The van der Waals surface area contributed by atoms with Gasteiger partial charge in [0, 0.05) is 14.0 Å². The minimum absolute atomic E-state index is 0. The molecule has 0 aliphatic rings. The summed E-state index contributed by atoms with van der Waals surface area (Å²) in [4.78, 5) is 10.4. The Balaban J connectivity index is 0.000000810. The number of amides is 1. The highest BCUT2D eigenvalue weighted by molar-refractivity contribution is 5.92. The molecule has 0 aliphatic carbocycles.